The predicted octanol–water partition coefficient (Wildman–Crippen LogP) is 3.39. The van der Waals surface area contributed by atoms with Crippen LogP contribution < -0.4 is 5.32 Å². The molecule has 0 aliphatic rings. The lowest BCUT2D eigenvalue weighted by molar-refractivity contribution is 0.0154. The molecule has 0 spiro atoms. The summed E-state index contributed by atoms with van der Waals surface area (Å²) in [5.41, 5.74) is -0.0216. The SMILES string of the molecule is COC(C)(C)CCNC(C)Cc1ccc(C)s1. The summed E-state index contributed by atoms with van der Waals surface area (Å²) in [6.07, 6.45) is 2.16. The zero-order valence-electron chi connectivity index (χ0n) is 11.7. The van der Waals surface area contributed by atoms with Crippen molar-refractivity contribution in [2.45, 2.75) is 52.2 Å². The smallest absolute Gasteiger partial charge is 0.0634 e. The number of hydrogen-bond acceptors (Lipinski definition) is 3. The zero-order chi connectivity index (χ0) is 12.9. The Labute approximate surface area is 109 Å². The van der Waals surface area contributed by atoms with Gasteiger partial charge in [0.2, 0.25) is 0 Å². The van der Waals surface area contributed by atoms with E-state index in [0.29, 0.717) is 6.04 Å². The van der Waals surface area contributed by atoms with E-state index in [4.69, 9.17) is 4.74 Å². The lowest BCUT2D eigenvalue weighted by atomic mass is 10.1. The Kier molecular flexibility index (Phi) is 5.63. The molecule has 1 atom stereocenters. The normalized spacial score (nSPS) is 13.9. The molecule has 0 amide bonds. The van der Waals surface area contributed by atoms with Gasteiger partial charge in [-0.15, -0.1) is 11.3 Å². The van der Waals surface area contributed by atoms with Crippen LogP contribution in [0, 0.1) is 6.92 Å². The Balaban J connectivity index is 2.24. The summed E-state index contributed by atoms with van der Waals surface area (Å²) >= 11 is 1.89. The summed E-state index contributed by atoms with van der Waals surface area (Å²) in [7, 11) is 1.78. The topological polar surface area (TPSA) is 21.3 Å². The average Bonchev–Trinajstić information content (AvgIpc) is 2.63. The zero-order valence-corrected chi connectivity index (χ0v) is 12.5. The number of rotatable bonds is 7. The van der Waals surface area contributed by atoms with Gasteiger partial charge in [-0.3, -0.25) is 0 Å². The summed E-state index contributed by atoms with van der Waals surface area (Å²) in [4.78, 5) is 2.86. The Bertz CT molecular complexity index is 333. The summed E-state index contributed by atoms with van der Waals surface area (Å²) in [6, 6.07) is 4.96. The van der Waals surface area contributed by atoms with Gasteiger partial charge in [0.25, 0.3) is 0 Å². The first-order valence-electron chi connectivity index (χ1n) is 6.27. The third-order valence-electron chi connectivity index (χ3n) is 3.08. The number of ether oxygens (including phenoxy) is 1. The van der Waals surface area contributed by atoms with Gasteiger partial charge in [-0.05, 0) is 59.2 Å². The molecule has 0 aliphatic carbocycles. The average molecular weight is 255 g/mol. The van der Waals surface area contributed by atoms with Gasteiger partial charge in [0.1, 0.15) is 0 Å². The lowest BCUT2D eigenvalue weighted by Crippen LogP contribution is -2.34. The number of aryl methyl sites for hydroxylation is 1. The van der Waals surface area contributed by atoms with Crippen LogP contribution in [0.3, 0.4) is 0 Å². The second-order valence-corrected chi connectivity index (χ2v) is 6.66. The fourth-order valence-electron chi connectivity index (χ4n) is 1.69. The molecule has 0 radical (unpaired) electrons. The van der Waals surface area contributed by atoms with Crippen LogP contribution in [0.25, 0.3) is 0 Å². The van der Waals surface area contributed by atoms with E-state index in [2.05, 4.69) is 45.1 Å². The Morgan fingerprint density at radius 3 is 2.65 bits per heavy atom. The number of hydrogen-bond donors (Lipinski definition) is 1. The molecule has 1 N–H and O–H groups in total. The molecule has 0 bridgehead atoms. The van der Waals surface area contributed by atoms with Crippen LogP contribution in [0.2, 0.25) is 0 Å². The van der Waals surface area contributed by atoms with Crippen molar-refractivity contribution in [1.82, 2.24) is 5.32 Å². The van der Waals surface area contributed by atoms with Gasteiger partial charge in [-0.25, -0.2) is 0 Å². The maximum Gasteiger partial charge on any atom is 0.0634 e. The number of nitrogens with one attached hydrogen (secondary N) is 1. The summed E-state index contributed by atoms with van der Waals surface area (Å²) in [6.45, 7) is 9.67. The predicted molar refractivity (Wildman–Crippen MR) is 75.9 cm³/mol. The largest absolute Gasteiger partial charge is 0.379 e. The van der Waals surface area contributed by atoms with Gasteiger partial charge in [0, 0.05) is 22.9 Å². The highest BCUT2D eigenvalue weighted by Gasteiger charge is 2.15. The van der Waals surface area contributed by atoms with E-state index < -0.39 is 0 Å². The molecule has 0 saturated heterocycles. The Morgan fingerprint density at radius 2 is 2.12 bits per heavy atom. The van der Waals surface area contributed by atoms with E-state index >= 15 is 0 Å². The highest BCUT2D eigenvalue weighted by Crippen LogP contribution is 2.17. The van der Waals surface area contributed by atoms with Crippen molar-refractivity contribution >= 4 is 11.3 Å². The van der Waals surface area contributed by atoms with Crippen molar-refractivity contribution in [1.29, 1.82) is 0 Å². The highest BCUT2D eigenvalue weighted by molar-refractivity contribution is 7.11. The molecule has 1 aromatic rings. The van der Waals surface area contributed by atoms with Crippen LogP contribution in [-0.4, -0.2) is 25.3 Å². The Morgan fingerprint density at radius 1 is 1.41 bits per heavy atom. The second kappa shape index (κ2) is 6.53. The van der Waals surface area contributed by atoms with Crippen molar-refractivity contribution in [3.8, 4) is 0 Å². The fourth-order valence-corrected chi connectivity index (χ4v) is 2.71. The highest BCUT2D eigenvalue weighted by atomic mass is 32.1. The van der Waals surface area contributed by atoms with E-state index in [1.165, 1.54) is 9.75 Å². The molecule has 0 aromatic carbocycles. The second-order valence-electron chi connectivity index (χ2n) is 5.29. The van der Waals surface area contributed by atoms with Crippen molar-refractivity contribution in [2.24, 2.45) is 0 Å². The van der Waals surface area contributed by atoms with E-state index in [1.807, 2.05) is 11.3 Å². The van der Waals surface area contributed by atoms with Crippen molar-refractivity contribution in [2.75, 3.05) is 13.7 Å². The van der Waals surface area contributed by atoms with Gasteiger partial charge >= 0.3 is 0 Å². The van der Waals surface area contributed by atoms with Crippen LogP contribution in [-0.2, 0) is 11.2 Å². The third-order valence-corrected chi connectivity index (χ3v) is 4.10. The molecule has 98 valence electrons. The first-order chi connectivity index (χ1) is 7.93. The fraction of sp³-hybridized carbons (Fsp3) is 0.714. The van der Waals surface area contributed by atoms with Gasteiger partial charge in [-0.1, -0.05) is 0 Å². The van der Waals surface area contributed by atoms with Gasteiger partial charge in [0.05, 0.1) is 5.60 Å². The van der Waals surface area contributed by atoms with Crippen LogP contribution in [0.4, 0.5) is 0 Å². The minimum absolute atomic E-state index is 0.0216. The van der Waals surface area contributed by atoms with Crippen molar-refractivity contribution in [3.05, 3.63) is 21.9 Å². The maximum absolute atomic E-state index is 5.40. The first-order valence-corrected chi connectivity index (χ1v) is 7.08. The summed E-state index contributed by atoms with van der Waals surface area (Å²) in [5, 5.41) is 3.56. The molecular formula is C14H25NOS. The minimum atomic E-state index is -0.0216. The molecule has 1 unspecified atom stereocenters. The molecule has 0 aliphatic heterocycles. The van der Waals surface area contributed by atoms with Gasteiger partial charge < -0.3 is 10.1 Å². The third kappa shape index (κ3) is 5.66. The number of methoxy groups -OCH3 is 1. The molecule has 2 nitrogen and oxygen atoms in total. The minimum Gasteiger partial charge on any atom is -0.379 e. The van der Waals surface area contributed by atoms with E-state index in [-0.39, 0.29) is 5.60 Å². The molecule has 3 heteroatoms. The standard InChI is InChI=1S/C14H25NOS/c1-11(10-13-7-6-12(2)17-13)15-9-8-14(3,4)16-5/h6-7,11,15H,8-10H2,1-5H3. The first kappa shape index (κ1) is 14.7. The molecule has 1 heterocycles. The Hall–Kier alpha value is -0.380. The van der Waals surface area contributed by atoms with Crippen LogP contribution in [0.15, 0.2) is 12.1 Å². The monoisotopic (exact) mass is 255 g/mol. The van der Waals surface area contributed by atoms with E-state index in [0.717, 1.165) is 19.4 Å². The molecular weight excluding hydrogens is 230 g/mol. The van der Waals surface area contributed by atoms with Crippen LogP contribution in [0.1, 0.15) is 36.9 Å². The van der Waals surface area contributed by atoms with Gasteiger partial charge in [-0.2, -0.15) is 0 Å². The maximum atomic E-state index is 5.40. The lowest BCUT2D eigenvalue weighted by Gasteiger charge is -2.24. The van der Waals surface area contributed by atoms with E-state index in [9.17, 15) is 0 Å². The summed E-state index contributed by atoms with van der Waals surface area (Å²) < 4.78 is 5.40. The summed E-state index contributed by atoms with van der Waals surface area (Å²) in [5.74, 6) is 0. The molecule has 0 fully saturated rings. The van der Waals surface area contributed by atoms with Crippen LogP contribution >= 0.6 is 11.3 Å². The van der Waals surface area contributed by atoms with Crippen molar-refractivity contribution < 1.29 is 4.74 Å². The van der Waals surface area contributed by atoms with Crippen molar-refractivity contribution in [3.63, 3.8) is 0 Å². The van der Waals surface area contributed by atoms with Gasteiger partial charge in [0.15, 0.2) is 0 Å². The van der Waals surface area contributed by atoms with E-state index in [1.54, 1.807) is 7.11 Å². The van der Waals surface area contributed by atoms with Crippen LogP contribution in [0.5, 0.6) is 0 Å². The molecule has 1 aromatic heterocycles. The molecule has 1 rings (SSSR count). The molecule has 0 saturated carbocycles. The quantitative estimate of drug-likeness (QED) is 0.806. The molecule has 17 heavy (non-hydrogen) atoms. The number of thiophene rings is 1.